The monoisotopic (exact) mass is 245 g/mol. The van der Waals surface area contributed by atoms with Gasteiger partial charge >= 0.3 is 0 Å². The number of nitrogens with one attached hydrogen (secondary N) is 1. The average Bonchev–Trinajstić information content (AvgIpc) is 2.75. The predicted molar refractivity (Wildman–Crippen MR) is 58.9 cm³/mol. The van der Waals surface area contributed by atoms with Gasteiger partial charge in [-0.3, -0.25) is 0 Å². The van der Waals surface area contributed by atoms with Crippen molar-refractivity contribution in [3.05, 3.63) is 24.2 Å². The zero-order chi connectivity index (χ0) is 11.6. The van der Waals surface area contributed by atoms with E-state index in [9.17, 15) is 13.5 Å². The Hall–Kier alpha value is -0.850. The van der Waals surface area contributed by atoms with Gasteiger partial charge in [-0.05, 0) is 12.1 Å². The third-order valence-corrected chi connectivity index (χ3v) is 4.40. The Bertz CT molecular complexity index is 426. The first kappa shape index (κ1) is 11.6. The van der Waals surface area contributed by atoms with Gasteiger partial charge in [-0.1, -0.05) is 0 Å². The van der Waals surface area contributed by atoms with Gasteiger partial charge in [0.1, 0.15) is 5.76 Å². The van der Waals surface area contributed by atoms with Crippen molar-refractivity contribution >= 4 is 9.84 Å². The van der Waals surface area contributed by atoms with Crippen molar-refractivity contribution in [2.75, 3.05) is 18.1 Å². The number of aliphatic hydroxyl groups excluding tert-OH is 1. The fraction of sp³-hybridized carbons (Fsp3) is 0.600. The summed E-state index contributed by atoms with van der Waals surface area (Å²) in [7, 11) is -3.06. The Balaban J connectivity index is 1.79. The summed E-state index contributed by atoms with van der Waals surface area (Å²) in [5.74, 6) is 0.737. The van der Waals surface area contributed by atoms with Crippen molar-refractivity contribution < 1.29 is 17.9 Å². The van der Waals surface area contributed by atoms with Crippen molar-refractivity contribution in [2.24, 2.45) is 0 Å². The number of aliphatic hydroxyl groups is 1. The maximum atomic E-state index is 11.2. The summed E-state index contributed by atoms with van der Waals surface area (Å²) >= 11 is 0. The van der Waals surface area contributed by atoms with Gasteiger partial charge < -0.3 is 14.8 Å². The molecule has 0 unspecified atom stereocenters. The zero-order valence-electron chi connectivity index (χ0n) is 8.80. The van der Waals surface area contributed by atoms with Crippen LogP contribution in [0, 0.1) is 0 Å². The molecule has 1 aromatic rings. The maximum absolute atomic E-state index is 11.2. The summed E-state index contributed by atoms with van der Waals surface area (Å²) in [6.07, 6.45) is 1.50. The molecule has 0 bridgehead atoms. The Labute approximate surface area is 94.4 Å². The van der Waals surface area contributed by atoms with E-state index in [0.29, 0.717) is 13.0 Å². The Morgan fingerprint density at radius 3 is 2.88 bits per heavy atom. The third kappa shape index (κ3) is 2.84. The van der Waals surface area contributed by atoms with E-state index in [-0.39, 0.29) is 17.5 Å². The molecular weight excluding hydrogens is 230 g/mol. The summed E-state index contributed by atoms with van der Waals surface area (Å²) in [5, 5.41) is 12.6. The fourth-order valence-corrected chi connectivity index (χ4v) is 3.64. The molecule has 2 N–H and O–H groups in total. The summed E-state index contributed by atoms with van der Waals surface area (Å²) < 4.78 is 27.6. The van der Waals surface area contributed by atoms with E-state index < -0.39 is 15.9 Å². The van der Waals surface area contributed by atoms with Crippen LogP contribution in [-0.4, -0.2) is 43.7 Å². The van der Waals surface area contributed by atoms with Crippen LogP contribution in [0.15, 0.2) is 22.8 Å². The lowest BCUT2D eigenvalue weighted by Crippen LogP contribution is -2.39. The molecule has 5 nitrogen and oxygen atoms in total. The number of hydrogen-bond acceptors (Lipinski definition) is 5. The average molecular weight is 245 g/mol. The number of hydrogen-bond donors (Lipinski definition) is 2. The van der Waals surface area contributed by atoms with Crippen molar-refractivity contribution in [2.45, 2.75) is 18.6 Å². The minimum atomic E-state index is -3.06. The zero-order valence-corrected chi connectivity index (χ0v) is 9.61. The predicted octanol–water partition coefficient (Wildman–Crippen LogP) is -0.430. The second-order valence-electron chi connectivity index (χ2n) is 4.03. The lowest BCUT2D eigenvalue weighted by molar-refractivity contribution is 0.166. The molecule has 0 aliphatic carbocycles. The smallest absolute Gasteiger partial charge is 0.154 e. The van der Waals surface area contributed by atoms with E-state index in [2.05, 4.69) is 5.32 Å². The molecule has 0 saturated carbocycles. The van der Waals surface area contributed by atoms with E-state index in [1.807, 2.05) is 12.1 Å². The molecule has 0 radical (unpaired) electrons. The maximum Gasteiger partial charge on any atom is 0.154 e. The summed E-state index contributed by atoms with van der Waals surface area (Å²) in [6, 6.07) is 3.33. The molecule has 1 fully saturated rings. The molecule has 90 valence electrons. The Morgan fingerprint density at radius 1 is 1.50 bits per heavy atom. The lowest BCUT2D eigenvalue weighted by atomic mass is 10.2. The molecule has 0 aromatic carbocycles. The quantitative estimate of drug-likeness (QED) is 0.752. The third-order valence-electron chi connectivity index (χ3n) is 2.68. The van der Waals surface area contributed by atoms with Crippen LogP contribution in [0.25, 0.3) is 0 Å². The van der Waals surface area contributed by atoms with Crippen molar-refractivity contribution in [1.29, 1.82) is 0 Å². The molecule has 16 heavy (non-hydrogen) atoms. The minimum Gasteiger partial charge on any atom is -0.469 e. The molecule has 1 aliphatic rings. The SMILES string of the molecule is O=S1(=O)C[C@H](O)[C@H](NCCc2ccco2)C1. The first-order chi connectivity index (χ1) is 7.57. The fourth-order valence-electron chi connectivity index (χ4n) is 1.86. The summed E-state index contributed by atoms with van der Waals surface area (Å²) in [5.41, 5.74) is 0. The van der Waals surface area contributed by atoms with Gasteiger partial charge in [0.05, 0.1) is 23.9 Å². The molecule has 2 atom stereocenters. The summed E-state index contributed by atoms with van der Waals surface area (Å²) in [4.78, 5) is 0. The highest BCUT2D eigenvalue weighted by molar-refractivity contribution is 7.91. The molecule has 2 rings (SSSR count). The van der Waals surface area contributed by atoms with Crippen LogP contribution in [0.3, 0.4) is 0 Å². The first-order valence-electron chi connectivity index (χ1n) is 5.21. The van der Waals surface area contributed by atoms with Crippen LogP contribution in [0.5, 0.6) is 0 Å². The highest BCUT2D eigenvalue weighted by Gasteiger charge is 2.35. The number of furan rings is 1. The number of sulfone groups is 1. The van der Waals surface area contributed by atoms with Crippen molar-refractivity contribution in [3.8, 4) is 0 Å². The van der Waals surface area contributed by atoms with Crippen LogP contribution in [-0.2, 0) is 16.3 Å². The molecular formula is C10H15NO4S. The van der Waals surface area contributed by atoms with Crippen LogP contribution in [0.1, 0.15) is 5.76 Å². The molecule has 1 aromatic heterocycles. The number of rotatable bonds is 4. The Kier molecular flexibility index (Phi) is 3.32. The highest BCUT2D eigenvalue weighted by atomic mass is 32.2. The van der Waals surface area contributed by atoms with Crippen molar-refractivity contribution in [3.63, 3.8) is 0 Å². The van der Waals surface area contributed by atoms with Gasteiger partial charge in [0.15, 0.2) is 9.84 Å². The lowest BCUT2D eigenvalue weighted by Gasteiger charge is -2.13. The first-order valence-corrected chi connectivity index (χ1v) is 7.03. The van der Waals surface area contributed by atoms with Gasteiger partial charge in [0.25, 0.3) is 0 Å². The van der Waals surface area contributed by atoms with E-state index in [1.54, 1.807) is 6.26 Å². The normalized spacial score (nSPS) is 28.3. The summed E-state index contributed by atoms with van der Waals surface area (Å²) in [6.45, 7) is 0.602. The molecule has 6 heteroatoms. The van der Waals surface area contributed by atoms with Crippen LogP contribution in [0.2, 0.25) is 0 Å². The van der Waals surface area contributed by atoms with Gasteiger partial charge in [0, 0.05) is 19.0 Å². The molecule has 0 spiro atoms. The van der Waals surface area contributed by atoms with E-state index >= 15 is 0 Å². The topological polar surface area (TPSA) is 79.5 Å². The second kappa shape index (κ2) is 4.57. The second-order valence-corrected chi connectivity index (χ2v) is 6.19. The molecule has 1 saturated heterocycles. The van der Waals surface area contributed by atoms with E-state index in [0.717, 1.165) is 5.76 Å². The van der Waals surface area contributed by atoms with Crippen LogP contribution >= 0.6 is 0 Å². The van der Waals surface area contributed by atoms with Crippen LogP contribution in [0.4, 0.5) is 0 Å². The molecule has 0 amide bonds. The van der Waals surface area contributed by atoms with E-state index in [4.69, 9.17) is 4.42 Å². The highest BCUT2D eigenvalue weighted by Crippen LogP contribution is 2.12. The van der Waals surface area contributed by atoms with E-state index in [1.165, 1.54) is 0 Å². The standard InChI is InChI=1S/C10H15NO4S/c12-10-7-16(13,14)6-9(10)11-4-3-8-2-1-5-15-8/h1-2,5,9-12H,3-4,6-7H2/t9-,10+/m1/s1. The molecule has 2 heterocycles. The minimum absolute atomic E-state index is 0.0202. The van der Waals surface area contributed by atoms with Crippen molar-refractivity contribution in [1.82, 2.24) is 5.32 Å². The largest absolute Gasteiger partial charge is 0.469 e. The van der Waals surface area contributed by atoms with Gasteiger partial charge in [-0.2, -0.15) is 0 Å². The van der Waals surface area contributed by atoms with Gasteiger partial charge in [-0.25, -0.2) is 8.42 Å². The Morgan fingerprint density at radius 2 is 2.31 bits per heavy atom. The van der Waals surface area contributed by atoms with Gasteiger partial charge in [0.2, 0.25) is 0 Å². The van der Waals surface area contributed by atoms with Crippen LogP contribution < -0.4 is 5.32 Å². The molecule has 1 aliphatic heterocycles. The van der Waals surface area contributed by atoms with Gasteiger partial charge in [-0.15, -0.1) is 0 Å².